The molecule has 0 aliphatic rings. The molecule has 3 aromatic rings. The summed E-state index contributed by atoms with van der Waals surface area (Å²) >= 11 is 1.54. The highest BCUT2D eigenvalue weighted by Gasteiger charge is 2.12. The molecule has 0 saturated heterocycles. The molecule has 17 heavy (non-hydrogen) atoms. The van der Waals surface area contributed by atoms with E-state index in [0.717, 1.165) is 21.2 Å². The van der Waals surface area contributed by atoms with Crippen LogP contribution in [0.1, 0.15) is 0 Å². The van der Waals surface area contributed by atoms with Crippen molar-refractivity contribution in [3.05, 3.63) is 30.6 Å². The van der Waals surface area contributed by atoms with E-state index >= 15 is 0 Å². The van der Waals surface area contributed by atoms with Crippen LogP contribution in [0.25, 0.3) is 15.5 Å². The Morgan fingerprint density at radius 1 is 1.24 bits per heavy atom. The first-order chi connectivity index (χ1) is 8.25. The molecular weight excluding hydrogens is 234 g/mol. The van der Waals surface area contributed by atoms with E-state index < -0.39 is 0 Å². The monoisotopic (exact) mass is 245 g/mol. The van der Waals surface area contributed by atoms with Gasteiger partial charge in [0.15, 0.2) is 0 Å². The molecule has 0 aliphatic carbocycles. The Morgan fingerprint density at radius 3 is 2.82 bits per heavy atom. The van der Waals surface area contributed by atoms with Crippen LogP contribution in [0, 0.1) is 0 Å². The minimum Gasteiger partial charge on any atom is -0.377 e. The fraction of sp³-hybridized carbons (Fsp3) is 0.182. The Morgan fingerprint density at radius 2 is 2.06 bits per heavy atom. The molecule has 0 radical (unpaired) electrons. The number of rotatable bonds is 2. The van der Waals surface area contributed by atoms with Gasteiger partial charge in [-0.2, -0.15) is 9.61 Å². The summed E-state index contributed by atoms with van der Waals surface area (Å²) in [6, 6.07) is 8.20. The topological polar surface area (TPSA) is 46.3 Å². The molecule has 86 valence electrons. The van der Waals surface area contributed by atoms with Gasteiger partial charge in [0.1, 0.15) is 11.3 Å². The molecule has 0 N–H and O–H groups in total. The third-order valence-corrected chi connectivity index (χ3v) is 3.45. The number of fused-ring (bicyclic) bond motifs is 1. The van der Waals surface area contributed by atoms with Gasteiger partial charge in [-0.15, -0.1) is 10.2 Å². The summed E-state index contributed by atoms with van der Waals surface area (Å²) in [5.74, 6) is 0. The second kappa shape index (κ2) is 3.81. The van der Waals surface area contributed by atoms with Crippen molar-refractivity contribution in [3.63, 3.8) is 0 Å². The van der Waals surface area contributed by atoms with Gasteiger partial charge in [0.25, 0.3) is 0 Å². The smallest absolute Gasteiger partial charge is 0.234 e. The van der Waals surface area contributed by atoms with E-state index in [1.807, 2.05) is 26.2 Å². The van der Waals surface area contributed by atoms with E-state index in [4.69, 9.17) is 0 Å². The number of hydrogen-bond donors (Lipinski definition) is 0. The van der Waals surface area contributed by atoms with Gasteiger partial charge in [-0.1, -0.05) is 23.5 Å². The molecule has 2 heterocycles. The second-order valence-electron chi connectivity index (χ2n) is 3.88. The molecule has 1 aromatic carbocycles. The summed E-state index contributed by atoms with van der Waals surface area (Å²) in [5, 5.41) is 13.2. The molecule has 0 saturated carbocycles. The van der Waals surface area contributed by atoms with Crippen LogP contribution < -0.4 is 4.90 Å². The number of nitrogens with zero attached hydrogens (tertiary/aromatic N) is 5. The standard InChI is InChI=1S/C11H11N5S/c1-15(2)9-6-4-3-5-8(9)10-14-16-7-12-13-11(16)17-10/h3-7H,1-2H3. The van der Waals surface area contributed by atoms with Crippen LogP contribution in [0.5, 0.6) is 0 Å². The van der Waals surface area contributed by atoms with Crippen molar-refractivity contribution in [2.45, 2.75) is 0 Å². The van der Waals surface area contributed by atoms with Crippen LogP contribution >= 0.6 is 11.3 Å². The molecule has 2 aromatic heterocycles. The SMILES string of the molecule is CN(C)c1ccccc1-c1nn2cnnc2s1. The van der Waals surface area contributed by atoms with Crippen molar-refractivity contribution < 1.29 is 0 Å². The highest BCUT2D eigenvalue weighted by atomic mass is 32.1. The Balaban J connectivity index is 2.18. The normalized spacial score (nSPS) is 10.9. The van der Waals surface area contributed by atoms with Gasteiger partial charge in [0.2, 0.25) is 4.96 Å². The van der Waals surface area contributed by atoms with Gasteiger partial charge in [-0.3, -0.25) is 0 Å². The lowest BCUT2D eigenvalue weighted by Gasteiger charge is -2.15. The quantitative estimate of drug-likeness (QED) is 0.692. The average Bonchev–Trinajstić information content (AvgIpc) is 2.88. The number of hydrogen-bond acceptors (Lipinski definition) is 5. The third-order valence-electron chi connectivity index (χ3n) is 2.50. The molecule has 5 nitrogen and oxygen atoms in total. The van der Waals surface area contributed by atoms with Gasteiger partial charge in [-0.05, 0) is 12.1 Å². The average molecular weight is 245 g/mol. The molecule has 0 unspecified atom stereocenters. The summed E-state index contributed by atoms with van der Waals surface area (Å²) < 4.78 is 1.70. The lowest BCUT2D eigenvalue weighted by Crippen LogP contribution is -2.09. The largest absolute Gasteiger partial charge is 0.377 e. The van der Waals surface area contributed by atoms with Gasteiger partial charge in [0, 0.05) is 25.3 Å². The lowest BCUT2D eigenvalue weighted by atomic mass is 10.2. The molecule has 6 heteroatoms. The zero-order valence-electron chi connectivity index (χ0n) is 9.53. The lowest BCUT2D eigenvalue weighted by molar-refractivity contribution is 0.959. The van der Waals surface area contributed by atoms with Gasteiger partial charge in [-0.25, -0.2) is 0 Å². The summed E-state index contributed by atoms with van der Waals surface area (Å²) in [6.45, 7) is 0. The molecule has 3 rings (SSSR count). The van der Waals surface area contributed by atoms with E-state index in [9.17, 15) is 0 Å². The third kappa shape index (κ3) is 1.66. The Kier molecular flexibility index (Phi) is 2.29. The fourth-order valence-electron chi connectivity index (χ4n) is 1.71. The molecule has 0 fully saturated rings. The molecule has 0 amide bonds. The van der Waals surface area contributed by atoms with Crippen LogP contribution in [0.2, 0.25) is 0 Å². The first-order valence-electron chi connectivity index (χ1n) is 5.19. The number of anilines is 1. The van der Waals surface area contributed by atoms with Crippen molar-refractivity contribution in [1.82, 2.24) is 19.8 Å². The predicted octanol–water partition coefficient (Wildman–Crippen LogP) is 1.92. The zero-order valence-corrected chi connectivity index (χ0v) is 10.3. The summed E-state index contributed by atoms with van der Waals surface area (Å²) in [5.41, 5.74) is 2.27. The minimum atomic E-state index is 0.813. The van der Waals surface area contributed by atoms with E-state index in [0.29, 0.717) is 0 Å². The summed E-state index contributed by atoms with van der Waals surface area (Å²) in [4.78, 5) is 2.89. The molecule has 0 bridgehead atoms. The minimum absolute atomic E-state index is 0.813. The van der Waals surface area contributed by atoms with Crippen LogP contribution in [0.4, 0.5) is 5.69 Å². The maximum Gasteiger partial charge on any atom is 0.234 e. The van der Waals surface area contributed by atoms with Crippen LogP contribution in [0.3, 0.4) is 0 Å². The van der Waals surface area contributed by atoms with E-state index in [-0.39, 0.29) is 0 Å². The maximum absolute atomic E-state index is 4.47. The first-order valence-corrected chi connectivity index (χ1v) is 6.01. The molecular formula is C11H11N5S. The Bertz CT molecular complexity index is 626. The Hall–Kier alpha value is -1.95. The van der Waals surface area contributed by atoms with Crippen molar-refractivity contribution in [2.75, 3.05) is 19.0 Å². The molecule has 0 aliphatic heterocycles. The van der Waals surface area contributed by atoms with Crippen molar-refractivity contribution in [3.8, 4) is 10.6 Å². The fourth-order valence-corrected chi connectivity index (χ4v) is 2.57. The molecule has 0 spiro atoms. The summed E-state index contributed by atoms with van der Waals surface area (Å²) in [6.07, 6.45) is 1.62. The van der Waals surface area contributed by atoms with Crippen molar-refractivity contribution in [2.24, 2.45) is 0 Å². The number of benzene rings is 1. The summed E-state index contributed by atoms with van der Waals surface area (Å²) in [7, 11) is 4.05. The zero-order chi connectivity index (χ0) is 11.8. The second-order valence-corrected chi connectivity index (χ2v) is 4.83. The predicted molar refractivity (Wildman–Crippen MR) is 68.4 cm³/mol. The van der Waals surface area contributed by atoms with Crippen LogP contribution in [-0.2, 0) is 0 Å². The van der Waals surface area contributed by atoms with Gasteiger partial charge >= 0.3 is 0 Å². The van der Waals surface area contributed by atoms with E-state index in [1.165, 1.54) is 0 Å². The van der Waals surface area contributed by atoms with Crippen molar-refractivity contribution in [1.29, 1.82) is 0 Å². The maximum atomic E-state index is 4.47. The van der Waals surface area contributed by atoms with Crippen molar-refractivity contribution >= 4 is 22.0 Å². The number of aromatic nitrogens is 4. The van der Waals surface area contributed by atoms with Gasteiger partial charge < -0.3 is 4.90 Å². The van der Waals surface area contributed by atoms with Gasteiger partial charge in [0.05, 0.1) is 0 Å². The van der Waals surface area contributed by atoms with E-state index in [2.05, 4.69) is 32.3 Å². The van der Waals surface area contributed by atoms with E-state index in [1.54, 1.807) is 22.2 Å². The highest BCUT2D eigenvalue weighted by Crippen LogP contribution is 2.32. The highest BCUT2D eigenvalue weighted by molar-refractivity contribution is 7.19. The first kappa shape index (κ1) is 10.2. The molecule has 0 atom stereocenters. The van der Waals surface area contributed by atoms with Crippen LogP contribution in [-0.4, -0.2) is 33.9 Å². The number of para-hydroxylation sites is 1. The van der Waals surface area contributed by atoms with Crippen LogP contribution in [0.15, 0.2) is 30.6 Å². The Labute approximate surface area is 102 Å².